The number of oxime groups is 1. The fourth-order valence-corrected chi connectivity index (χ4v) is 2.44. The lowest BCUT2D eigenvalue weighted by atomic mass is 10.2. The molecule has 0 aliphatic carbocycles. The molecule has 2 rings (SSSR count). The molecule has 0 spiro atoms. The predicted molar refractivity (Wildman–Crippen MR) is 103 cm³/mol. The normalized spacial score (nSPS) is 10.9. The van der Waals surface area contributed by atoms with Gasteiger partial charge in [-0.1, -0.05) is 35.5 Å². The summed E-state index contributed by atoms with van der Waals surface area (Å²) < 4.78 is 0. The van der Waals surface area contributed by atoms with Crippen molar-refractivity contribution >= 4 is 23.5 Å². The van der Waals surface area contributed by atoms with Crippen molar-refractivity contribution in [2.24, 2.45) is 5.16 Å². The van der Waals surface area contributed by atoms with Crippen LogP contribution in [0.4, 0.5) is 11.4 Å². The standard InChI is InChI=1S/C20H25N3O2/c1-16(2)23(19-8-6-5-7-9-19)20(24)15-25-21-14-17-10-12-18(13-11-17)22(3)4/h5-14,16H,15H2,1-4H3/b21-14+. The number of carbonyl (C=O) groups is 1. The Balaban J connectivity index is 1.92. The van der Waals surface area contributed by atoms with Gasteiger partial charge in [0, 0.05) is 31.5 Å². The Labute approximate surface area is 149 Å². The first kappa shape index (κ1) is 18.5. The third-order valence-electron chi connectivity index (χ3n) is 3.69. The van der Waals surface area contributed by atoms with Crippen LogP contribution in [0.5, 0.6) is 0 Å². The van der Waals surface area contributed by atoms with E-state index in [2.05, 4.69) is 5.16 Å². The van der Waals surface area contributed by atoms with Crippen LogP contribution in [-0.4, -0.2) is 38.9 Å². The molecule has 5 heteroatoms. The largest absolute Gasteiger partial charge is 0.386 e. The molecule has 0 saturated carbocycles. The van der Waals surface area contributed by atoms with Crippen LogP contribution >= 0.6 is 0 Å². The maximum atomic E-state index is 12.4. The van der Waals surface area contributed by atoms with Gasteiger partial charge in [-0.15, -0.1) is 0 Å². The first-order valence-electron chi connectivity index (χ1n) is 8.29. The van der Waals surface area contributed by atoms with Gasteiger partial charge in [-0.2, -0.15) is 0 Å². The van der Waals surface area contributed by atoms with Crippen LogP contribution < -0.4 is 9.80 Å². The lowest BCUT2D eigenvalue weighted by Gasteiger charge is -2.26. The third-order valence-corrected chi connectivity index (χ3v) is 3.69. The Bertz CT molecular complexity index is 695. The summed E-state index contributed by atoms with van der Waals surface area (Å²) in [6.07, 6.45) is 1.61. The van der Waals surface area contributed by atoms with Gasteiger partial charge >= 0.3 is 0 Å². The van der Waals surface area contributed by atoms with Gasteiger partial charge in [-0.3, -0.25) is 4.79 Å². The smallest absolute Gasteiger partial charge is 0.267 e. The van der Waals surface area contributed by atoms with Crippen LogP contribution in [0.25, 0.3) is 0 Å². The highest BCUT2D eigenvalue weighted by atomic mass is 16.6. The molecule has 0 N–H and O–H groups in total. The lowest BCUT2D eigenvalue weighted by Crippen LogP contribution is -2.39. The van der Waals surface area contributed by atoms with Gasteiger partial charge in [0.1, 0.15) is 0 Å². The van der Waals surface area contributed by atoms with Crippen molar-refractivity contribution in [2.45, 2.75) is 19.9 Å². The molecule has 132 valence electrons. The molecular formula is C20H25N3O2. The van der Waals surface area contributed by atoms with Crippen molar-refractivity contribution < 1.29 is 9.63 Å². The van der Waals surface area contributed by atoms with Gasteiger partial charge in [-0.05, 0) is 43.7 Å². The minimum absolute atomic E-state index is 0.0426. The molecule has 0 heterocycles. The Morgan fingerprint density at radius 1 is 1.04 bits per heavy atom. The molecule has 0 bridgehead atoms. The van der Waals surface area contributed by atoms with Crippen molar-refractivity contribution in [3.63, 3.8) is 0 Å². The topological polar surface area (TPSA) is 45.1 Å². The number of anilines is 2. The molecule has 5 nitrogen and oxygen atoms in total. The molecule has 0 unspecified atom stereocenters. The SMILES string of the molecule is CC(C)N(C(=O)CO/N=C/c1ccc(N(C)C)cc1)c1ccccc1. The maximum absolute atomic E-state index is 12.4. The zero-order valence-electron chi connectivity index (χ0n) is 15.2. The molecule has 0 aromatic heterocycles. The van der Waals surface area contributed by atoms with E-state index in [1.54, 1.807) is 11.1 Å². The van der Waals surface area contributed by atoms with Crippen LogP contribution in [0, 0.1) is 0 Å². The highest BCUT2D eigenvalue weighted by molar-refractivity contribution is 5.94. The van der Waals surface area contributed by atoms with E-state index in [4.69, 9.17) is 4.84 Å². The van der Waals surface area contributed by atoms with Crippen LogP contribution in [-0.2, 0) is 9.63 Å². The highest BCUT2D eigenvalue weighted by Gasteiger charge is 2.19. The molecule has 0 aliphatic heterocycles. The first-order chi connectivity index (χ1) is 12.0. The van der Waals surface area contributed by atoms with E-state index in [0.29, 0.717) is 0 Å². The molecule has 2 aromatic rings. The van der Waals surface area contributed by atoms with E-state index in [9.17, 15) is 4.79 Å². The average molecular weight is 339 g/mol. The van der Waals surface area contributed by atoms with E-state index in [1.165, 1.54) is 0 Å². The van der Waals surface area contributed by atoms with Gasteiger partial charge in [0.25, 0.3) is 5.91 Å². The summed E-state index contributed by atoms with van der Waals surface area (Å²) in [5.41, 5.74) is 2.89. The van der Waals surface area contributed by atoms with Gasteiger partial charge < -0.3 is 14.6 Å². The Morgan fingerprint density at radius 3 is 2.24 bits per heavy atom. The summed E-state index contributed by atoms with van der Waals surface area (Å²) in [6.45, 7) is 3.85. The Morgan fingerprint density at radius 2 is 1.68 bits per heavy atom. The first-order valence-corrected chi connectivity index (χ1v) is 8.29. The van der Waals surface area contributed by atoms with Gasteiger partial charge in [0.15, 0.2) is 6.61 Å². The molecule has 0 fully saturated rings. The van der Waals surface area contributed by atoms with Crippen molar-refractivity contribution in [2.75, 3.05) is 30.5 Å². The number of para-hydroxylation sites is 1. The Kier molecular flexibility index (Phi) is 6.57. The fourth-order valence-electron chi connectivity index (χ4n) is 2.44. The van der Waals surface area contributed by atoms with Crippen LogP contribution in [0.15, 0.2) is 59.8 Å². The third kappa shape index (κ3) is 5.35. The molecular weight excluding hydrogens is 314 g/mol. The number of benzene rings is 2. The molecule has 0 atom stereocenters. The second kappa shape index (κ2) is 8.87. The fraction of sp³-hybridized carbons (Fsp3) is 0.300. The summed E-state index contributed by atoms with van der Waals surface area (Å²) in [5, 5.41) is 3.91. The van der Waals surface area contributed by atoms with Crippen molar-refractivity contribution in [1.82, 2.24) is 0 Å². The van der Waals surface area contributed by atoms with E-state index in [0.717, 1.165) is 16.9 Å². The number of nitrogens with zero attached hydrogens (tertiary/aromatic N) is 3. The molecule has 0 aliphatic rings. The van der Waals surface area contributed by atoms with E-state index in [1.807, 2.05) is 87.4 Å². The second-order valence-corrected chi connectivity index (χ2v) is 6.19. The van der Waals surface area contributed by atoms with Gasteiger partial charge in [0.2, 0.25) is 0 Å². The number of amides is 1. The molecule has 25 heavy (non-hydrogen) atoms. The Hall–Kier alpha value is -2.82. The lowest BCUT2D eigenvalue weighted by molar-refractivity contribution is -0.123. The minimum atomic E-state index is -0.124. The molecule has 0 saturated heterocycles. The molecule has 1 amide bonds. The van der Waals surface area contributed by atoms with Crippen molar-refractivity contribution in [3.8, 4) is 0 Å². The van der Waals surface area contributed by atoms with Crippen LogP contribution in [0.3, 0.4) is 0 Å². The number of hydrogen-bond acceptors (Lipinski definition) is 4. The van der Waals surface area contributed by atoms with E-state index in [-0.39, 0.29) is 18.6 Å². The van der Waals surface area contributed by atoms with Crippen molar-refractivity contribution in [1.29, 1.82) is 0 Å². The van der Waals surface area contributed by atoms with Gasteiger partial charge in [0.05, 0.1) is 6.21 Å². The van der Waals surface area contributed by atoms with Gasteiger partial charge in [-0.25, -0.2) is 0 Å². The zero-order valence-corrected chi connectivity index (χ0v) is 15.2. The van der Waals surface area contributed by atoms with E-state index >= 15 is 0 Å². The predicted octanol–water partition coefficient (Wildman–Crippen LogP) is 3.54. The van der Waals surface area contributed by atoms with Crippen LogP contribution in [0.2, 0.25) is 0 Å². The minimum Gasteiger partial charge on any atom is -0.386 e. The zero-order chi connectivity index (χ0) is 18.2. The summed E-state index contributed by atoms with van der Waals surface area (Å²) in [5.74, 6) is -0.124. The summed E-state index contributed by atoms with van der Waals surface area (Å²) in [6, 6.07) is 17.5. The number of rotatable bonds is 7. The van der Waals surface area contributed by atoms with E-state index < -0.39 is 0 Å². The second-order valence-electron chi connectivity index (χ2n) is 6.19. The molecule has 0 radical (unpaired) electrons. The number of carbonyl (C=O) groups excluding carboxylic acids is 1. The molecule has 2 aromatic carbocycles. The summed E-state index contributed by atoms with van der Waals surface area (Å²) in [7, 11) is 3.98. The highest BCUT2D eigenvalue weighted by Crippen LogP contribution is 2.16. The quantitative estimate of drug-likeness (QED) is 0.572. The number of hydrogen-bond donors (Lipinski definition) is 0. The van der Waals surface area contributed by atoms with Crippen molar-refractivity contribution in [3.05, 3.63) is 60.2 Å². The monoisotopic (exact) mass is 339 g/mol. The summed E-state index contributed by atoms with van der Waals surface area (Å²) >= 11 is 0. The average Bonchev–Trinajstić information content (AvgIpc) is 2.60. The maximum Gasteiger partial charge on any atom is 0.267 e. The van der Waals surface area contributed by atoms with Crippen LogP contribution in [0.1, 0.15) is 19.4 Å². The summed E-state index contributed by atoms with van der Waals surface area (Å²) in [4.78, 5) is 21.4.